The number of amides is 4. The van der Waals surface area contributed by atoms with E-state index >= 15 is 0 Å². The van der Waals surface area contributed by atoms with Crippen LogP contribution in [0.2, 0.25) is 0 Å². The Balaban J connectivity index is 1.94. The maximum atomic E-state index is 12.3. The predicted molar refractivity (Wildman–Crippen MR) is 96.1 cm³/mol. The van der Waals surface area contributed by atoms with E-state index in [0.717, 1.165) is 4.90 Å². The summed E-state index contributed by atoms with van der Waals surface area (Å²) in [4.78, 5) is 49.3. The van der Waals surface area contributed by atoms with E-state index in [0.29, 0.717) is 17.9 Å². The maximum Gasteiger partial charge on any atom is 0.327 e. The Kier molecular flexibility index (Phi) is 6.04. The van der Waals surface area contributed by atoms with Crippen molar-refractivity contribution >= 4 is 29.5 Å². The van der Waals surface area contributed by atoms with Crippen molar-refractivity contribution in [3.8, 4) is 5.75 Å². The molecular formula is C18H23N3O6. The van der Waals surface area contributed by atoms with Crippen molar-refractivity contribution in [1.82, 2.24) is 10.2 Å². The van der Waals surface area contributed by atoms with Gasteiger partial charge in [0.1, 0.15) is 17.8 Å². The number of para-hydroxylation sites is 2. The molecule has 0 aromatic heterocycles. The molecule has 0 radical (unpaired) electrons. The largest absolute Gasteiger partial charge is 0.495 e. The number of hydrogen-bond donors (Lipinski definition) is 2. The number of rotatable bonds is 7. The average Bonchev–Trinajstić information content (AvgIpc) is 2.85. The number of hydrogen-bond acceptors (Lipinski definition) is 6. The fourth-order valence-electron chi connectivity index (χ4n) is 2.53. The summed E-state index contributed by atoms with van der Waals surface area (Å²) in [5.41, 5.74) is -0.606. The minimum atomic E-state index is -1.12. The Bertz CT molecular complexity index is 765. The molecule has 9 heteroatoms. The first-order chi connectivity index (χ1) is 12.7. The molecule has 27 heavy (non-hydrogen) atoms. The quantitative estimate of drug-likeness (QED) is 0.547. The van der Waals surface area contributed by atoms with Gasteiger partial charge in [0.25, 0.3) is 11.8 Å². The molecule has 1 fully saturated rings. The number of anilines is 1. The number of methoxy groups -OCH3 is 1. The monoisotopic (exact) mass is 377 g/mol. The normalized spacial score (nSPS) is 20.1. The molecule has 0 spiro atoms. The summed E-state index contributed by atoms with van der Waals surface area (Å²) in [5, 5.41) is 5.14. The van der Waals surface area contributed by atoms with Gasteiger partial charge in [-0.05, 0) is 32.4 Å². The van der Waals surface area contributed by atoms with Crippen LogP contribution in [0.25, 0.3) is 0 Å². The summed E-state index contributed by atoms with van der Waals surface area (Å²) in [6.07, 6.45) is -0.735. The third-order valence-electron chi connectivity index (χ3n) is 4.38. The number of benzene rings is 1. The van der Waals surface area contributed by atoms with Crippen molar-refractivity contribution in [3.05, 3.63) is 24.3 Å². The summed E-state index contributed by atoms with van der Waals surface area (Å²) in [6, 6.07) is 6.13. The van der Waals surface area contributed by atoms with Crippen LogP contribution in [0.1, 0.15) is 27.2 Å². The van der Waals surface area contributed by atoms with E-state index in [2.05, 4.69) is 10.6 Å². The zero-order valence-electron chi connectivity index (χ0n) is 15.7. The van der Waals surface area contributed by atoms with Crippen LogP contribution in [0.4, 0.5) is 10.5 Å². The SMILES string of the molecule is CC[C@@]1(C)NC(=O)N(CC(=O)O[C@H](C)C(=O)Nc2ccccc2OC)C1=O. The van der Waals surface area contributed by atoms with Gasteiger partial charge in [-0.1, -0.05) is 19.1 Å². The van der Waals surface area contributed by atoms with E-state index < -0.39 is 42.0 Å². The van der Waals surface area contributed by atoms with Crippen LogP contribution < -0.4 is 15.4 Å². The van der Waals surface area contributed by atoms with E-state index in [4.69, 9.17) is 9.47 Å². The minimum Gasteiger partial charge on any atom is -0.495 e. The van der Waals surface area contributed by atoms with Gasteiger partial charge < -0.3 is 20.1 Å². The van der Waals surface area contributed by atoms with Crippen LogP contribution in [0.5, 0.6) is 5.75 Å². The van der Waals surface area contributed by atoms with Crippen LogP contribution >= 0.6 is 0 Å². The van der Waals surface area contributed by atoms with E-state index in [9.17, 15) is 19.2 Å². The molecular weight excluding hydrogens is 354 g/mol. The molecule has 9 nitrogen and oxygen atoms in total. The molecule has 1 aliphatic heterocycles. The number of carbonyl (C=O) groups excluding carboxylic acids is 4. The molecule has 1 aromatic carbocycles. The first-order valence-electron chi connectivity index (χ1n) is 8.49. The van der Waals surface area contributed by atoms with Crippen molar-refractivity contribution in [1.29, 1.82) is 0 Å². The zero-order chi connectivity index (χ0) is 20.2. The van der Waals surface area contributed by atoms with Crippen LogP contribution in [0.3, 0.4) is 0 Å². The van der Waals surface area contributed by atoms with E-state index in [1.54, 1.807) is 38.1 Å². The molecule has 0 bridgehead atoms. The lowest BCUT2D eigenvalue weighted by molar-refractivity contribution is -0.155. The summed E-state index contributed by atoms with van der Waals surface area (Å²) in [5.74, 6) is -1.47. The molecule has 1 heterocycles. The molecule has 0 unspecified atom stereocenters. The van der Waals surface area contributed by atoms with Crippen molar-refractivity contribution in [2.75, 3.05) is 19.0 Å². The standard InChI is InChI=1S/C18H23N3O6/c1-5-18(3)16(24)21(17(25)20-18)10-14(22)27-11(2)15(23)19-12-8-6-7-9-13(12)26-4/h6-9,11H,5,10H2,1-4H3,(H,19,23)(H,20,25)/t11-,18-/m1/s1. The Hall–Kier alpha value is -3.10. The molecule has 2 rings (SSSR count). The third kappa shape index (κ3) is 4.36. The van der Waals surface area contributed by atoms with Crippen molar-refractivity contribution in [3.63, 3.8) is 0 Å². The molecule has 1 aliphatic rings. The highest BCUT2D eigenvalue weighted by Crippen LogP contribution is 2.23. The van der Waals surface area contributed by atoms with Gasteiger partial charge in [-0.15, -0.1) is 0 Å². The first kappa shape index (κ1) is 20.2. The molecule has 2 N–H and O–H groups in total. The highest BCUT2D eigenvalue weighted by Gasteiger charge is 2.47. The molecule has 0 aliphatic carbocycles. The summed E-state index contributed by atoms with van der Waals surface area (Å²) in [7, 11) is 1.47. The molecule has 4 amide bonds. The van der Waals surface area contributed by atoms with Crippen LogP contribution in [-0.4, -0.2) is 54.0 Å². The zero-order valence-corrected chi connectivity index (χ0v) is 15.7. The molecule has 146 valence electrons. The van der Waals surface area contributed by atoms with Crippen molar-refractivity contribution in [2.45, 2.75) is 38.8 Å². The number of nitrogens with zero attached hydrogens (tertiary/aromatic N) is 1. The predicted octanol–water partition coefficient (Wildman–Crippen LogP) is 1.29. The highest BCUT2D eigenvalue weighted by atomic mass is 16.5. The van der Waals surface area contributed by atoms with Gasteiger partial charge in [-0.3, -0.25) is 19.3 Å². The maximum absolute atomic E-state index is 12.3. The second kappa shape index (κ2) is 8.07. The molecule has 1 saturated heterocycles. The van der Waals surface area contributed by atoms with Gasteiger partial charge in [0, 0.05) is 0 Å². The Morgan fingerprint density at radius 2 is 1.96 bits per heavy atom. The van der Waals surface area contributed by atoms with Crippen LogP contribution in [-0.2, 0) is 19.1 Å². The van der Waals surface area contributed by atoms with E-state index in [1.807, 2.05) is 0 Å². The fraction of sp³-hybridized carbons (Fsp3) is 0.444. The second-order valence-electron chi connectivity index (χ2n) is 6.33. The second-order valence-corrected chi connectivity index (χ2v) is 6.33. The lowest BCUT2D eigenvalue weighted by atomic mass is 9.99. The number of esters is 1. The lowest BCUT2D eigenvalue weighted by Crippen LogP contribution is -2.44. The van der Waals surface area contributed by atoms with Crippen molar-refractivity contribution in [2.24, 2.45) is 0 Å². The van der Waals surface area contributed by atoms with Gasteiger partial charge in [0.05, 0.1) is 12.8 Å². The lowest BCUT2D eigenvalue weighted by Gasteiger charge is -2.19. The Labute approximate surface area is 157 Å². The molecule has 0 saturated carbocycles. The van der Waals surface area contributed by atoms with Gasteiger partial charge in [-0.2, -0.15) is 0 Å². The van der Waals surface area contributed by atoms with E-state index in [-0.39, 0.29) is 0 Å². The highest BCUT2D eigenvalue weighted by molar-refractivity contribution is 6.08. The first-order valence-corrected chi connectivity index (χ1v) is 8.49. The van der Waals surface area contributed by atoms with Gasteiger partial charge in [-0.25, -0.2) is 4.79 Å². The number of imide groups is 1. The number of nitrogens with one attached hydrogen (secondary N) is 2. The number of ether oxygens (including phenoxy) is 2. The average molecular weight is 377 g/mol. The van der Waals surface area contributed by atoms with Crippen LogP contribution in [0.15, 0.2) is 24.3 Å². The smallest absolute Gasteiger partial charge is 0.327 e. The topological polar surface area (TPSA) is 114 Å². The Morgan fingerprint density at radius 3 is 2.56 bits per heavy atom. The minimum absolute atomic E-state index is 0.390. The van der Waals surface area contributed by atoms with Crippen molar-refractivity contribution < 1.29 is 28.7 Å². The molecule has 2 atom stereocenters. The fourth-order valence-corrected chi connectivity index (χ4v) is 2.53. The summed E-state index contributed by atoms with van der Waals surface area (Å²) in [6.45, 7) is 4.17. The van der Waals surface area contributed by atoms with Gasteiger partial charge in [0.2, 0.25) is 0 Å². The third-order valence-corrected chi connectivity index (χ3v) is 4.38. The molecule has 1 aromatic rings. The number of urea groups is 1. The van der Waals surface area contributed by atoms with Crippen LogP contribution in [0, 0.1) is 0 Å². The van der Waals surface area contributed by atoms with Gasteiger partial charge >= 0.3 is 12.0 Å². The Morgan fingerprint density at radius 1 is 1.30 bits per heavy atom. The number of carbonyl (C=O) groups is 4. The summed E-state index contributed by atoms with van der Waals surface area (Å²) < 4.78 is 10.2. The van der Waals surface area contributed by atoms with E-state index in [1.165, 1.54) is 14.0 Å². The van der Waals surface area contributed by atoms with Gasteiger partial charge in [0.15, 0.2) is 6.10 Å². The summed E-state index contributed by atoms with van der Waals surface area (Å²) >= 11 is 0.